The molecule has 124 valence electrons. The first-order chi connectivity index (χ1) is 11.4. The lowest BCUT2D eigenvalue weighted by Crippen LogP contribution is -2.43. The molecule has 5 nitrogen and oxygen atoms in total. The third-order valence-corrected chi connectivity index (χ3v) is 4.32. The Balaban J connectivity index is 1.96. The lowest BCUT2D eigenvalue weighted by atomic mass is 9.83. The van der Waals surface area contributed by atoms with Gasteiger partial charge >= 0.3 is 5.97 Å². The van der Waals surface area contributed by atoms with Gasteiger partial charge in [0.1, 0.15) is 11.7 Å². The maximum absolute atomic E-state index is 13.1. The van der Waals surface area contributed by atoms with Crippen LogP contribution in [0, 0.1) is 11.7 Å². The quantitative estimate of drug-likeness (QED) is 0.896. The first-order valence-corrected chi connectivity index (χ1v) is 7.47. The lowest BCUT2D eigenvalue weighted by molar-refractivity contribution is -0.157. The molecule has 1 aliphatic heterocycles. The Morgan fingerprint density at radius 3 is 2.38 bits per heavy atom. The molecule has 0 spiro atoms. The van der Waals surface area contributed by atoms with Crippen molar-refractivity contribution in [1.82, 2.24) is 4.90 Å². The molecule has 0 aromatic heterocycles. The van der Waals surface area contributed by atoms with E-state index in [2.05, 4.69) is 0 Å². The Morgan fingerprint density at radius 2 is 1.79 bits per heavy atom. The fourth-order valence-electron chi connectivity index (χ4n) is 3.05. The summed E-state index contributed by atoms with van der Waals surface area (Å²) < 4.78 is 13.1. The zero-order valence-corrected chi connectivity index (χ0v) is 12.7. The molecule has 0 aliphatic carbocycles. The molecule has 2 aromatic carbocycles. The van der Waals surface area contributed by atoms with Crippen molar-refractivity contribution in [3.05, 3.63) is 71.5 Å². The van der Waals surface area contributed by atoms with Crippen molar-refractivity contribution in [2.24, 2.45) is 5.92 Å². The minimum Gasteiger partial charge on any atom is -0.481 e. The van der Waals surface area contributed by atoms with Crippen molar-refractivity contribution in [3.8, 4) is 0 Å². The predicted octanol–water partition coefficient (Wildman–Crippen LogP) is 1.76. The number of carbonyl (C=O) groups excluding carboxylic acids is 1. The van der Waals surface area contributed by atoms with Crippen LogP contribution in [-0.2, 0) is 21.7 Å². The molecule has 1 saturated heterocycles. The van der Waals surface area contributed by atoms with Gasteiger partial charge < -0.3 is 15.1 Å². The summed E-state index contributed by atoms with van der Waals surface area (Å²) in [5, 5.41) is 20.4. The van der Waals surface area contributed by atoms with Gasteiger partial charge in [-0.1, -0.05) is 42.5 Å². The Labute approximate surface area is 138 Å². The van der Waals surface area contributed by atoms with Crippen molar-refractivity contribution in [1.29, 1.82) is 0 Å². The summed E-state index contributed by atoms with van der Waals surface area (Å²) in [6.45, 7) is 0.0872. The number of aliphatic carboxylic acids is 1. The molecule has 1 amide bonds. The number of hydrogen-bond acceptors (Lipinski definition) is 3. The number of rotatable bonds is 4. The van der Waals surface area contributed by atoms with E-state index in [1.54, 1.807) is 0 Å². The number of benzene rings is 2. The average molecular weight is 329 g/mol. The number of carbonyl (C=O) groups is 2. The highest BCUT2D eigenvalue weighted by molar-refractivity contribution is 5.95. The molecule has 1 heterocycles. The molecule has 0 bridgehead atoms. The SMILES string of the molecule is O=C(O)C1CN(Cc2ccccc2)C(=O)C1(O)c1ccc(F)cc1. The largest absolute Gasteiger partial charge is 0.481 e. The van der Waals surface area contributed by atoms with Crippen LogP contribution in [0.25, 0.3) is 0 Å². The molecular formula is C18H16FNO4. The number of aliphatic hydroxyl groups is 1. The number of hydrogen-bond donors (Lipinski definition) is 2. The molecule has 24 heavy (non-hydrogen) atoms. The van der Waals surface area contributed by atoms with Crippen LogP contribution in [0.2, 0.25) is 0 Å². The highest BCUT2D eigenvalue weighted by atomic mass is 19.1. The highest BCUT2D eigenvalue weighted by Crippen LogP contribution is 2.39. The fraction of sp³-hybridized carbons (Fsp3) is 0.222. The standard InChI is InChI=1S/C18H16FNO4/c19-14-8-6-13(7-9-14)18(24)15(16(21)22)11-20(17(18)23)10-12-4-2-1-3-5-12/h1-9,15,24H,10-11H2,(H,21,22). The minimum atomic E-state index is -2.20. The van der Waals surface area contributed by atoms with Crippen molar-refractivity contribution in [2.75, 3.05) is 6.54 Å². The fourth-order valence-corrected chi connectivity index (χ4v) is 3.05. The Bertz CT molecular complexity index is 762. The minimum absolute atomic E-state index is 0.0804. The van der Waals surface area contributed by atoms with Crippen LogP contribution >= 0.6 is 0 Å². The summed E-state index contributed by atoms with van der Waals surface area (Å²) in [5.74, 6) is -3.81. The third kappa shape index (κ3) is 2.65. The molecular weight excluding hydrogens is 313 g/mol. The number of likely N-dealkylation sites (tertiary alicyclic amines) is 1. The number of carboxylic acid groups (broad SMARTS) is 1. The van der Waals surface area contributed by atoms with Gasteiger partial charge in [-0.15, -0.1) is 0 Å². The molecule has 6 heteroatoms. The molecule has 2 N–H and O–H groups in total. The first kappa shape index (κ1) is 16.1. The van der Waals surface area contributed by atoms with Crippen LogP contribution in [0.1, 0.15) is 11.1 Å². The molecule has 1 aliphatic rings. The number of nitrogens with zero attached hydrogens (tertiary/aromatic N) is 1. The molecule has 0 saturated carbocycles. The van der Waals surface area contributed by atoms with E-state index in [1.165, 1.54) is 17.0 Å². The Hall–Kier alpha value is -2.73. The molecule has 2 unspecified atom stereocenters. The summed E-state index contributed by atoms with van der Waals surface area (Å²) >= 11 is 0. The van der Waals surface area contributed by atoms with Crippen molar-refractivity contribution >= 4 is 11.9 Å². The molecule has 2 atom stereocenters. The van der Waals surface area contributed by atoms with Gasteiger partial charge in [0, 0.05) is 13.1 Å². The van der Waals surface area contributed by atoms with E-state index < -0.39 is 29.2 Å². The normalized spacial score (nSPS) is 23.5. The number of amides is 1. The van der Waals surface area contributed by atoms with Crippen LogP contribution in [-0.4, -0.2) is 33.5 Å². The van der Waals surface area contributed by atoms with E-state index in [4.69, 9.17) is 0 Å². The smallest absolute Gasteiger partial charge is 0.312 e. The molecule has 3 rings (SSSR count). The van der Waals surface area contributed by atoms with Crippen molar-refractivity contribution in [2.45, 2.75) is 12.1 Å². The second kappa shape index (κ2) is 6.05. The van der Waals surface area contributed by atoms with Crippen LogP contribution < -0.4 is 0 Å². The zero-order chi connectivity index (χ0) is 17.3. The van der Waals surface area contributed by atoms with E-state index in [9.17, 15) is 24.2 Å². The second-order valence-electron chi connectivity index (χ2n) is 5.84. The summed E-state index contributed by atoms with van der Waals surface area (Å²) in [6.07, 6.45) is 0. The topological polar surface area (TPSA) is 77.8 Å². The van der Waals surface area contributed by atoms with Gasteiger partial charge in [0.05, 0.1) is 0 Å². The van der Waals surface area contributed by atoms with Gasteiger partial charge in [-0.25, -0.2) is 4.39 Å². The van der Waals surface area contributed by atoms with Crippen molar-refractivity contribution < 1.29 is 24.2 Å². The zero-order valence-electron chi connectivity index (χ0n) is 12.7. The van der Waals surface area contributed by atoms with Crippen molar-refractivity contribution in [3.63, 3.8) is 0 Å². The molecule has 2 aromatic rings. The van der Waals surface area contributed by atoms with E-state index >= 15 is 0 Å². The van der Waals surface area contributed by atoms with Crippen LogP contribution in [0.4, 0.5) is 4.39 Å². The van der Waals surface area contributed by atoms with Gasteiger partial charge in [0.25, 0.3) is 5.91 Å². The number of carboxylic acids is 1. The highest BCUT2D eigenvalue weighted by Gasteiger charge is 2.57. The first-order valence-electron chi connectivity index (χ1n) is 7.47. The molecule has 0 radical (unpaired) electrons. The van der Waals surface area contributed by atoms with E-state index in [1.807, 2.05) is 30.3 Å². The summed E-state index contributed by atoms with van der Waals surface area (Å²) in [5.41, 5.74) is -1.29. The lowest BCUT2D eigenvalue weighted by Gasteiger charge is -2.25. The van der Waals surface area contributed by atoms with Gasteiger partial charge in [-0.3, -0.25) is 9.59 Å². The predicted molar refractivity (Wildman–Crippen MR) is 83.3 cm³/mol. The summed E-state index contributed by atoms with van der Waals surface area (Å²) in [7, 11) is 0. The van der Waals surface area contributed by atoms with Crippen LogP contribution in [0.15, 0.2) is 54.6 Å². The van der Waals surface area contributed by atoms with Gasteiger partial charge in [-0.05, 0) is 23.3 Å². The average Bonchev–Trinajstić information content (AvgIpc) is 2.82. The second-order valence-corrected chi connectivity index (χ2v) is 5.84. The third-order valence-electron chi connectivity index (χ3n) is 4.32. The molecule has 1 fully saturated rings. The van der Waals surface area contributed by atoms with Gasteiger partial charge in [-0.2, -0.15) is 0 Å². The van der Waals surface area contributed by atoms with E-state index in [-0.39, 0.29) is 18.7 Å². The van der Waals surface area contributed by atoms with Gasteiger partial charge in [0.2, 0.25) is 0 Å². The van der Waals surface area contributed by atoms with E-state index in [0.717, 1.165) is 17.7 Å². The maximum atomic E-state index is 13.1. The monoisotopic (exact) mass is 329 g/mol. The van der Waals surface area contributed by atoms with Crippen LogP contribution in [0.3, 0.4) is 0 Å². The van der Waals surface area contributed by atoms with Crippen LogP contribution in [0.5, 0.6) is 0 Å². The Kier molecular flexibility index (Phi) is 4.07. The maximum Gasteiger partial charge on any atom is 0.312 e. The van der Waals surface area contributed by atoms with E-state index in [0.29, 0.717) is 0 Å². The number of halogens is 1. The van der Waals surface area contributed by atoms with Gasteiger partial charge in [0.15, 0.2) is 5.60 Å². The summed E-state index contributed by atoms with van der Waals surface area (Å²) in [6, 6.07) is 13.8. The Morgan fingerprint density at radius 1 is 1.17 bits per heavy atom. The summed E-state index contributed by atoms with van der Waals surface area (Å²) in [4.78, 5) is 25.7.